The lowest BCUT2D eigenvalue weighted by molar-refractivity contribution is 0.192. The third-order valence-electron chi connectivity index (χ3n) is 4.23. The smallest absolute Gasteiger partial charge is 0.0207 e. The van der Waals surface area contributed by atoms with E-state index in [9.17, 15) is 0 Å². The van der Waals surface area contributed by atoms with Crippen LogP contribution >= 0.6 is 15.9 Å². The molecule has 100 valence electrons. The number of halogens is 1. The van der Waals surface area contributed by atoms with Crippen molar-refractivity contribution >= 4 is 15.9 Å². The molecule has 0 amide bonds. The van der Waals surface area contributed by atoms with Crippen LogP contribution in [0.2, 0.25) is 0 Å². The van der Waals surface area contributed by atoms with Gasteiger partial charge >= 0.3 is 0 Å². The Morgan fingerprint density at radius 1 is 1.17 bits per heavy atom. The van der Waals surface area contributed by atoms with Gasteiger partial charge in [-0.15, -0.1) is 0 Å². The highest BCUT2D eigenvalue weighted by Crippen LogP contribution is 2.35. The lowest BCUT2D eigenvalue weighted by Crippen LogP contribution is -2.37. The van der Waals surface area contributed by atoms with Crippen LogP contribution in [0.3, 0.4) is 0 Å². The molecular weight excluding hydrogens is 286 g/mol. The number of hydrogen-bond donors (Lipinski definition) is 1. The summed E-state index contributed by atoms with van der Waals surface area (Å²) < 4.78 is 1.19. The lowest BCUT2D eigenvalue weighted by atomic mass is 9.73. The Morgan fingerprint density at radius 3 is 2.39 bits per heavy atom. The predicted molar refractivity (Wildman–Crippen MR) is 81.5 cm³/mol. The molecule has 18 heavy (non-hydrogen) atoms. The first-order valence-corrected chi connectivity index (χ1v) is 7.84. The minimum Gasteiger partial charge on any atom is -0.327 e. The molecule has 2 heteroatoms. The quantitative estimate of drug-likeness (QED) is 0.880. The van der Waals surface area contributed by atoms with E-state index < -0.39 is 0 Å². The van der Waals surface area contributed by atoms with Gasteiger partial charge in [-0.1, -0.05) is 48.0 Å². The first-order chi connectivity index (χ1) is 8.56. The second kappa shape index (κ2) is 6.21. The average molecular weight is 310 g/mol. The van der Waals surface area contributed by atoms with Crippen molar-refractivity contribution in [2.75, 3.05) is 0 Å². The molecule has 0 aliphatic heterocycles. The maximum absolute atomic E-state index is 6.45. The Balaban J connectivity index is 1.99. The number of nitrogens with two attached hydrogens (primary N) is 1. The molecule has 2 N–H and O–H groups in total. The van der Waals surface area contributed by atoms with Gasteiger partial charge in [-0.05, 0) is 55.1 Å². The van der Waals surface area contributed by atoms with E-state index in [0.29, 0.717) is 12.0 Å². The zero-order valence-electron chi connectivity index (χ0n) is 11.4. The summed E-state index contributed by atoms with van der Waals surface area (Å²) in [5.41, 5.74) is 7.80. The Morgan fingerprint density at radius 2 is 1.78 bits per heavy atom. The van der Waals surface area contributed by atoms with Gasteiger partial charge < -0.3 is 5.73 Å². The van der Waals surface area contributed by atoms with Crippen LogP contribution in [-0.4, -0.2) is 6.04 Å². The molecule has 0 heterocycles. The van der Waals surface area contributed by atoms with E-state index in [2.05, 4.69) is 54.0 Å². The maximum Gasteiger partial charge on any atom is 0.0207 e. The first kappa shape index (κ1) is 14.1. The fraction of sp³-hybridized carbons (Fsp3) is 0.625. The number of rotatable bonds is 3. The zero-order valence-corrected chi connectivity index (χ0v) is 13.0. The van der Waals surface area contributed by atoms with Crippen LogP contribution in [0.5, 0.6) is 0 Å². The second-order valence-electron chi connectivity index (χ2n) is 6.14. The van der Waals surface area contributed by atoms with Crippen molar-refractivity contribution in [3.63, 3.8) is 0 Å². The van der Waals surface area contributed by atoms with Gasteiger partial charge in [0, 0.05) is 10.5 Å². The Bertz CT molecular complexity index is 380. The van der Waals surface area contributed by atoms with Gasteiger partial charge in [0.2, 0.25) is 0 Å². The number of benzene rings is 1. The topological polar surface area (TPSA) is 26.0 Å². The fourth-order valence-electron chi connectivity index (χ4n) is 3.44. The van der Waals surface area contributed by atoms with E-state index in [0.717, 1.165) is 18.3 Å². The van der Waals surface area contributed by atoms with Crippen LogP contribution < -0.4 is 5.73 Å². The Labute approximate surface area is 119 Å². The van der Waals surface area contributed by atoms with Crippen LogP contribution in [0.1, 0.15) is 38.7 Å². The second-order valence-corrected chi connectivity index (χ2v) is 6.99. The highest BCUT2D eigenvalue weighted by molar-refractivity contribution is 9.10. The molecular formula is C16H24BrN. The third kappa shape index (κ3) is 3.58. The summed E-state index contributed by atoms with van der Waals surface area (Å²) in [6.07, 6.45) is 4.97. The van der Waals surface area contributed by atoms with E-state index in [4.69, 9.17) is 5.73 Å². The van der Waals surface area contributed by atoms with Crippen molar-refractivity contribution in [2.45, 2.75) is 45.6 Å². The minimum absolute atomic E-state index is 0.300. The molecule has 0 aromatic heterocycles. The largest absolute Gasteiger partial charge is 0.327 e. The van der Waals surface area contributed by atoms with Gasteiger partial charge in [-0.25, -0.2) is 0 Å². The van der Waals surface area contributed by atoms with Gasteiger partial charge in [0.1, 0.15) is 0 Å². The summed E-state index contributed by atoms with van der Waals surface area (Å²) >= 11 is 3.62. The molecule has 1 nitrogen and oxygen atoms in total. The van der Waals surface area contributed by atoms with Gasteiger partial charge in [-0.2, -0.15) is 0 Å². The van der Waals surface area contributed by atoms with Crippen molar-refractivity contribution in [1.82, 2.24) is 0 Å². The standard InChI is InChI=1S/C16H24BrN/c1-11-7-12(2)9-14(8-11)16(18)10-13-5-3-4-6-15(13)17/h3-6,11-12,14,16H,7-10,18H2,1-2H3. The van der Waals surface area contributed by atoms with Gasteiger partial charge in [0.15, 0.2) is 0 Å². The summed E-state index contributed by atoms with van der Waals surface area (Å²) in [5, 5.41) is 0. The summed E-state index contributed by atoms with van der Waals surface area (Å²) in [4.78, 5) is 0. The molecule has 1 saturated carbocycles. The van der Waals surface area contributed by atoms with Crippen LogP contribution in [0, 0.1) is 17.8 Å². The van der Waals surface area contributed by atoms with E-state index in [-0.39, 0.29) is 0 Å². The van der Waals surface area contributed by atoms with Crippen molar-refractivity contribution in [3.05, 3.63) is 34.3 Å². The molecule has 0 bridgehead atoms. The molecule has 2 rings (SSSR count). The molecule has 1 aliphatic carbocycles. The molecule has 3 unspecified atom stereocenters. The molecule has 1 aliphatic rings. The van der Waals surface area contributed by atoms with Crippen LogP contribution in [-0.2, 0) is 6.42 Å². The molecule has 0 saturated heterocycles. The summed E-state index contributed by atoms with van der Waals surface area (Å²) in [6.45, 7) is 4.74. The normalized spacial score (nSPS) is 30.1. The molecule has 0 radical (unpaired) electrons. The van der Waals surface area contributed by atoms with E-state index >= 15 is 0 Å². The zero-order chi connectivity index (χ0) is 13.1. The minimum atomic E-state index is 0.300. The lowest BCUT2D eigenvalue weighted by Gasteiger charge is -2.35. The first-order valence-electron chi connectivity index (χ1n) is 7.05. The van der Waals surface area contributed by atoms with Crippen molar-refractivity contribution in [1.29, 1.82) is 0 Å². The Hall–Kier alpha value is -0.340. The van der Waals surface area contributed by atoms with Crippen molar-refractivity contribution in [2.24, 2.45) is 23.5 Å². The van der Waals surface area contributed by atoms with Gasteiger partial charge in [-0.3, -0.25) is 0 Å². The van der Waals surface area contributed by atoms with E-state index in [1.807, 2.05) is 0 Å². The summed E-state index contributed by atoms with van der Waals surface area (Å²) in [5.74, 6) is 2.36. The fourth-order valence-corrected chi connectivity index (χ4v) is 3.89. The van der Waals surface area contributed by atoms with Crippen LogP contribution in [0.4, 0.5) is 0 Å². The molecule has 1 aromatic carbocycles. The van der Waals surface area contributed by atoms with Crippen molar-refractivity contribution in [3.8, 4) is 0 Å². The predicted octanol–water partition coefficient (Wildman–Crippen LogP) is 4.39. The molecule has 0 spiro atoms. The Kier molecular flexibility index (Phi) is 4.85. The molecule has 1 fully saturated rings. The van der Waals surface area contributed by atoms with Crippen LogP contribution in [0.15, 0.2) is 28.7 Å². The highest BCUT2D eigenvalue weighted by atomic mass is 79.9. The maximum atomic E-state index is 6.45. The highest BCUT2D eigenvalue weighted by Gasteiger charge is 2.28. The molecule has 3 atom stereocenters. The average Bonchev–Trinajstić information content (AvgIpc) is 2.31. The summed E-state index contributed by atoms with van der Waals surface area (Å²) in [6, 6.07) is 8.74. The van der Waals surface area contributed by atoms with E-state index in [1.54, 1.807) is 0 Å². The molecule has 1 aromatic rings. The SMILES string of the molecule is CC1CC(C)CC(C(N)Cc2ccccc2Br)C1. The van der Waals surface area contributed by atoms with Crippen molar-refractivity contribution < 1.29 is 0 Å². The van der Waals surface area contributed by atoms with Gasteiger partial charge in [0.05, 0.1) is 0 Å². The van der Waals surface area contributed by atoms with E-state index in [1.165, 1.54) is 29.3 Å². The van der Waals surface area contributed by atoms with Crippen LogP contribution in [0.25, 0.3) is 0 Å². The number of hydrogen-bond acceptors (Lipinski definition) is 1. The monoisotopic (exact) mass is 309 g/mol. The third-order valence-corrected chi connectivity index (χ3v) is 5.01. The summed E-state index contributed by atoms with van der Waals surface area (Å²) in [7, 11) is 0. The van der Waals surface area contributed by atoms with Gasteiger partial charge in [0.25, 0.3) is 0 Å².